The Bertz CT molecular complexity index is 582. The molecule has 0 amide bonds. The maximum absolute atomic E-state index is 12.5. The first-order chi connectivity index (χ1) is 9.08. The Morgan fingerprint density at radius 2 is 2.11 bits per heavy atom. The van der Waals surface area contributed by atoms with Gasteiger partial charge in [0.15, 0.2) is 0 Å². The second-order valence-corrected chi connectivity index (χ2v) is 4.03. The van der Waals surface area contributed by atoms with Crippen molar-refractivity contribution in [1.82, 2.24) is 9.55 Å². The van der Waals surface area contributed by atoms with E-state index in [1.54, 1.807) is 24.3 Å². The zero-order valence-electron chi connectivity index (χ0n) is 9.96. The van der Waals surface area contributed by atoms with Gasteiger partial charge < -0.3 is 5.11 Å². The van der Waals surface area contributed by atoms with E-state index in [1.807, 2.05) is 0 Å². The van der Waals surface area contributed by atoms with Gasteiger partial charge >= 0.3 is 12.5 Å². The molecule has 0 radical (unpaired) electrons. The van der Waals surface area contributed by atoms with Gasteiger partial charge in [-0.15, -0.1) is 0 Å². The summed E-state index contributed by atoms with van der Waals surface area (Å²) in [5.74, 6) is -0.895. The zero-order valence-corrected chi connectivity index (χ0v) is 9.96. The number of aliphatic carboxylic acids is 1. The highest BCUT2D eigenvalue weighted by Gasteiger charge is 2.11. The van der Waals surface area contributed by atoms with E-state index >= 15 is 0 Å². The Morgan fingerprint density at radius 1 is 1.37 bits per heavy atom. The largest absolute Gasteiger partial charge is 0.481 e. The second kappa shape index (κ2) is 5.60. The molecule has 1 aromatic heterocycles. The lowest BCUT2D eigenvalue weighted by Gasteiger charge is -2.05. The number of aromatic nitrogens is 2. The number of aryl methyl sites for hydroxylation is 1. The smallest absolute Gasteiger partial charge is 0.319 e. The van der Waals surface area contributed by atoms with E-state index in [0.717, 1.165) is 11.9 Å². The minimum absolute atomic E-state index is 0.00737. The van der Waals surface area contributed by atoms with Crippen LogP contribution in [-0.2, 0) is 11.2 Å². The number of hydrogen-bond acceptors (Lipinski definition) is 2. The van der Waals surface area contributed by atoms with Crippen LogP contribution in [0.5, 0.6) is 0 Å². The fourth-order valence-electron chi connectivity index (χ4n) is 1.81. The van der Waals surface area contributed by atoms with E-state index in [1.165, 1.54) is 6.20 Å². The van der Waals surface area contributed by atoms with Crippen LogP contribution in [0.15, 0.2) is 36.8 Å². The summed E-state index contributed by atoms with van der Waals surface area (Å²) in [5.41, 5.74) is 1.88. The highest BCUT2D eigenvalue weighted by Crippen LogP contribution is 2.24. The molecule has 19 heavy (non-hydrogen) atoms. The van der Waals surface area contributed by atoms with Crippen molar-refractivity contribution < 1.29 is 18.7 Å². The highest BCUT2D eigenvalue weighted by atomic mass is 19.3. The van der Waals surface area contributed by atoms with Gasteiger partial charge in [-0.25, -0.2) is 4.98 Å². The van der Waals surface area contributed by atoms with Crippen LogP contribution in [0.1, 0.15) is 18.5 Å². The van der Waals surface area contributed by atoms with Crippen molar-refractivity contribution in [2.45, 2.75) is 19.4 Å². The Morgan fingerprint density at radius 3 is 2.74 bits per heavy atom. The van der Waals surface area contributed by atoms with Gasteiger partial charge in [0.2, 0.25) is 0 Å². The molecule has 0 aliphatic carbocycles. The Balaban J connectivity index is 2.30. The third-order valence-electron chi connectivity index (χ3n) is 2.73. The lowest BCUT2D eigenvalue weighted by Crippen LogP contribution is -1.99. The summed E-state index contributed by atoms with van der Waals surface area (Å²) >= 11 is 0. The van der Waals surface area contributed by atoms with Crippen molar-refractivity contribution in [3.8, 4) is 11.3 Å². The van der Waals surface area contributed by atoms with Crippen LogP contribution < -0.4 is 0 Å². The van der Waals surface area contributed by atoms with Crippen LogP contribution in [0.4, 0.5) is 8.78 Å². The molecule has 0 saturated heterocycles. The minimum Gasteiger partial charge on any atom is -0.481 e. The fraction of sp³-hybridized carbons (Fsp3) is 0.231. The topological polar surface area (TPSA) is 55.1 Å². The third-order valence-corrected chi connectivity index (χ3v) is 2.73. The summed E-state index contributed by atoms with van der Waals surface area (Å²) < 4.78 is 25.7. The summed E-state index contributed by atoms with van der Waals surface area (Å²) in [4.78, 5) is 14.5. The van der Waals surface area contributed by atoms with E-state index in [4.69, 9.17) is 5.11 Å². The lowest BCUT2D eigenvalue weighted by molar-refractivity contribution is -0.136. The fourth-order valence-corrected chi connectivity index (χ4v) is 1.81. The average Bonchev–Trinajstić information content (AvgIpc) is 2.86. The standard InChI is InChI=1S/C13H12F2N2O2/c14-13(15)17-7-11(16-8-17)10-4-2-1-3-9(10)5-6-12(18)19/h1-4,7-8,13H,5-6H2,(H,18,19). The predicted octanol–water partition coefficient (Wildman–Crippen LogP) is 2.96. The van der Waals surface area contributed by atoms with E-state index in [9.17, 15) is 13.6 Å². The molecule has 0 bridgehead atoms. The first kappa shape index (κ1) is 13.2. The van der Waals surface area contributed by atoms with Gasteiger partial charge in [-0.05, 0) is 12.0 Å². The number of imidazole rings is 1. The molecule has 6 heteroatoms. The summed E-state index contributed by atoms with van der Waals surface area (Å²) in [7, 11) is 0. The van der Waals surface area contributed by atoms with E-state index < -0.39 is 12.5 Å². The van der Waals surface area contributed by atoms with Crippen LogP contribution >= 0.6 is 0 Å². The van der Waals surface area contributed by atoms with Crippen LogP contribution in [-0.4, -0.2) is 20.6 Å². The number of carboxylic acids is 1. The second-order valence-electron chi connectivity index (χ2n) is 4.03. The number of halogens is 2. The molecule has 4 nitrogen and oxygen atoms in total. The molecule has 0 fully saturated rings. The molecule has 100 valence electrons. The number of hydrogen-bond donors (Lipinski definition) is 1. The zero-order chi connectivity index (χ0) is 13.8. The van der Waals surface area contributed by atoms with Crippen molar-refractivity contribution in [3.63, 3.8) is 0 Å². The van der Waals surface area contributed by atoms with Gasteiger partial charge in [0, 0.05) is 18.2 Å². The summed E-state index contributed by atoms with van der Waals surface area (Å²) in [5, 5.41) is 8.69. The van der Waals surface area contributed by atoms with Crippen molar-refractivity contribution in [2.24, 2.45) is 0 Å². The maximum Gasteiger partial charge on any atom is 0.319 e. The minimum atomic E-state index is -2.63. The molecule has 0 atom stereocenters. The number of carboxylic acid groups (broad SMARTS) is 1. The van der Waals surface area contributed by atoms with Gasteiger partial charge in [0.1, 0.15) is 0 Å². The van der Waals surface area contributed by atoms with Gasteiger partial charge in [0.05, 0.1) is 12.0 Å². The van der Waals surface area contributed by atoms with Crippen LogP contribution in [0.25, 0.3) is 11.3 Å². The molecule has 2 aromatic rings. The van der Waals surface area contributed by atoms with Crippen LogP contribution in [0.3, 0.4) is 0 Å². The molecule has 1 aromatic carbocycles. The van der Waals surface area contributed by atoms with Crippen molar-refractivity contribution in [1.29, 1.82) is 0 Å². The van der Waals surface area contributed by atoms with Gasteiger partial charge in [-0.3, -0.25) is 9.36 Å². The number of rotatable bonds is 5. The molecule has 0 aliphatic rings. The van der Waals surface area contributed by atoms with E-state index in [0.29, 0.717) is 22.2 Å². The normalized spacial score (nSPS) is 10.9. The van der Waals surface area contributed by atoms with Crippen molar-refractivity contribution in [3.05, 3.63) is 42.4 Å². The summed E-state index contributed by atoms with van der Waals surface area (Å²) in [6.45, 7) is -2.63. The van der Waals surface area contributed by atoms with Gasteiger partial charge in [-0.2, -0.15) is 8.78 Å². The highest BCUT2D eigenvalue weighted by molar-refractivity contribution is 5.69. The number of nitrogens with zero attached hydrogens (tertiary/aromatic N) is 2. The number of alkyl halides is 2. The quantitative estimate of drug-likeness (QED) is 0.905. The van der Waals surface area contributed by atoms with Gasteiger partial charge in [-0.1, -0.05) is 24.3 Å². The Kier molecular flexibility index (Phi) is 3.89. The molecule has 0 aliphatic heterocycles. The predicted molar refractivity (Wildman–Crippen MR) is 64.9 cm³/mol. The number of benzene rings is 1. The molecule has 0 unspecified atom stereocenters. The average molecular weight is 266 g/mol. The lowest BCUT2D eigenvalue weighted by atomic mass is 10.0. The molecule has 1 heterocycles. The SMILES string of the molecule is O=C(O)CCc1ccccc1-c1cn(C(F)F)cn1. The molecule has 1 N–H and O–H groups in total. The first-order valence-corrected chi connectivity index (χ1v) is 5.69. The van der Waals surface area contributed by atoms with Crippen molar-refractivity contribution in [2.75, 3.05) is 0 Å². The van der Waals surface area contributed by atoms with E-state index in [-0.39, 0.29) is 6.42 Å². The summed E-state index contributed by atoms with van der Waals surface area (Å²) in [6.07, 6.45) is 2.65. The Labute approximate surface area is 108 Å². The van der Waals surface area contributed by atoms with Crippen LogP contribution in [0, 0.1) is 0 Å². The molecule has 2 rings (SSSR count). The van der Waals surface area contributed by atoms with E-state index in [2.05, 4.69) is 4.98 Å². The number of carbonyl (C=O) groups is 1. The molecule has 0 saturated carbocycles. The monoisotopic (exact) mass is 266 g/mol. The third kappa shape index (κ3) is 3.15. The van der Waals surface area contributed by atoms with Crippen LogP contribution in [0.2, 0.25) is 0 Å². The Hall–Kier alpha value is -2.24. The molecular weight excluding hydrogens is 254 g/mol. The maximum atomic E-state index is 12.5. The van der Waals surface area contributed by atoms with Gasteiger partial charge in [0.25, 0.3) is 0 Å². The molecule has 0 spiro atoms. The first-order valence-electron chi connectivity index (χ1n) is 5.69. The van der Waals surface area contributed by atoms with Crippen molar-refractivity contribution >= 4 is 5.97 Å². The summed E-state index contributed by atoms with van der Waals surface area (Å²) in [6, 6.07) is 7.07. The molecular formula is C13H12F2N2O2.